The summed E-state index contributed by atoms with van der Waals surface area (Å²) >= 11 is 0. The first-order chi connectivity index (χ1) is 13.0. The Kier molecular flexibility index (Phi) is 4.39. The number of imidazole rings is 1. The molecule has 0 spiro atoms. The highest BCUT2D eigenvalue weighted by Crippen LogP contribution is 2.23. The summed E-state index contributed by atoms with van der Waals surface area (Å²) in [7, 11) is 0. The number of benzene rings is 1. The minimum absolute atomic E-state index is 0.00364. The highest BCUT2D eigenvalue weighted by atomic mass is 16.2. The van der Waals surface area contributed by atoms with Crippen molar-refractivity contribution in [2.45, 2.75) is 38.8 Å². The molecule has 1 saturated heterocycles. The van der Waals surface area contributed by atoms with Gasteiger partial charge in [0.2, 0.25) is 5.91 Å². The zero-order valence-electron chi connectivity index (χ0n) is 15.0. The largest absolute Gasteiger partial charge is 0.331 e. The van der Waals surface area contributed by atoms with Gasteiger partial charge in [-0.15, -0.1) is 0 Å². The molecule has 3 N–H and O–H groups in total. The van der Waals surface area contributed by atoms with Crippen molar-refractivity contribution in [1.29, 1.82) is 0 Å². The Bertz CT molecular complexity index is 903. The topological polar surface area (TPSA) is 105 Å². The van der Waals surface area contributed by atoms with E-state index in [2.05, 4.69) is 25.5 Å². The van der Waals surface area contributed by atoms with E-state index in [1.165, 1.54) is 5.69 Å². The molecule has 8 heteroatoms. The fraction of sp³-hybridized carbons (Fsp3) is 0.368. The maximum atomic E-state index is 12.6. The summed E-state index contributed by atoms with van der Waals surface area (Å²) in [6, 6.07) is 6.33. The number of aryl methyl sites for hydroxylation is 2. The maximum absolute atomic E-state index is 12.6. The average Bonchev–Trinajstić information content (AvgIpc) is 3.18. The lowest BCUT2D eigenvalue weighted by Crippen LogP contribution is -2.31. The Morgan fingerprint density at radius 2 is 2.07 bits per heavy atom. The predicted molar refractivity (Wildman–Crippen MR) is 98.0 cm³/mol. The molecule has 2 aromatic rings. The summed E-state index contributed by atoms with van der Waals surface area (Å²) < 4.78 is 2.11. The van der Waals surface area contributed by atoms with Crippen molar-refractivity contribution in [3.8, 4) is 0 Å². The molecule has 140 valence electrons. The van der Waals surface area contributed by atoms with Gasteiger partial charge >= 0.3 is 6.03 Å². The van der Waals surface area contributed by atoms with Crippen molar-refractivity contribution >= 4 is 23.5 Å². The molecule has 4 amide bonds. The highest BCUT2D eigenvalue weighted by molar-refractivity contribution is 6.04. The van der Waals surface area contributed by atoms with Crippen LogP contribution in [0.2, 0.25) is 0 Å². The first-order valence-corrected chi connectivity index (χ1v) is 9.02. The zero-order valence-corrected chi connectivity index (χ0v) is 15.0. The van der Waals surface area contributed by atoms with Crippen molar-refractivity contribution in [3.05, 3.63) is 47.5 Å². The molecule has 4 rings (SSSR count). The highest BCUT2D eigenvalue weighted by Gasteiger charge is 2.29. The number of nitrogens with zero attached hydrogens (tertiary/aromatic N) is 2. The Morgan fingerprint density at radius 3 is 2.78 bits per heavy atom. The van der Waals surface area contributed by atoms with Crippen molar-refractivity contribution in [3.63, 3.8) is 0 Å². The Labute approximate surface area is 156 Å². The van der Waals surface area contributed by atoms with E-state index < -0.39 is 12.1 Å². The van der Waals surface area contributed by atoms with Crippen molar-refractivity contribution < 1.29 is 14.4 Å². The molecule has 2 atom stereocenters. The summed E-state index contributed by atoms with van der Waals surface area (Å²) in [5.74, 6) is 0.546. The number of amides is 4. The van der Waals surface area contributed by atoms with E-state index >= 15 is 0 Å². The van der Waals surface area contributed by atoms with Crippen molar-refractivity contribution in [1.82, 2.24) is 20.2 Å². The van der Waals surface area contributed by atoms with E-state index in [0.29, 0.717) is 13.0 Å². The molecule has 3 heterocycles. The van der Waals surface area contributed by atoms with Crippen LogP contribution in [0.25, 0.3) is 0 Å². The minimum atomic E-state index is -0.548. The molecular weight excluding hydrogens is 346 g/mol. The van der Waals surface area contributed by atoms with E-state index in [1.807, 2.05) is 37.4 Å². The number of hydrogen-bond acceptors (Lipinski definition) is 4. The fourth-order valence-electron chi connectivity index (χ4n) is 3.62. The monoisotopic (exact) mass is 367 g/mol. The number of fused-ring (bicyclic) bond motifs is 1. The van der Waals surface area contributed by atoms with Gasteiger partial charge in [0.05, 0.1) is 5.92 Å². The summed E-state index contributed by atoms with van der Waals surface area (Å²) in [4.78, 5) is 39.7. The van der Waals surface area contributed by atoms with Gasteiger partial charge in [-0.3, -0.25) is 14.9 Å². The van der Waals surface area contributed by atoms with E-state index in [1.54, 1.807) is 0 Å². The molecule has 0 aliphatic carbocycles. The van der Waals surface area contributed by atoms with Gasteiger partial charge in [-0.05, 0) is 37.5 Å². The summed E-state index contributed by atoms with van der Waals surface area (Å²) in [6.07, 6.45) is 3.96. The van der Waals surface area contributed by atoms with Crippen LogP contribution in [0.5, 0.6) is 0 Å². The number of carbonyl (C=O) groups is 3. The Hall–Kier alpha value is -3.16. The molecule has 1 aromatic carbocycles. The van der Waals surface area contributed by atoms with Crippen LogP contribution >= 0.6 is 0 Å². The van der Waals surface area contributed by atoms with Crippen LogP contribution in [0, 0.1) is 12.8 Å². The third-order valence-corrected chi connectivity index (χ3v) is 5.18. The second kappa shape index (κ2) is 6.86. The van der Waals surface area contributed by atoms with E-state index in [-0.39, 0.29) is 17.7 Å². The van der Waals surface area contributed by atoms with Crippen LogP contribution in [-0.4, -0.2) is 33.4 Å². The third kappa shape index (κ3) is 3.55. The van der Waals surface area contributed by atoms with Crippen LogP contribution in [0.3, 0.4) is 0 Å². The van der Waals surface area contributed by atoms with Gasteiger partial charge < -0.3 is 15.2 Å². The second-order valence-electron chi connectivity index (χ2n) is 7.05. The van der Waals surface area contributed by atoms with Crippen LogP contribution in [0.15, 0.2) is 30.5 Å². The molecule has 1 fully saturated rings. The van der Waals surface area contributed by atoms with Crippen LogP contribution < -0.4 is 16.0 Å². The average molecular weight is 367 g/mol. The SMILES string of the molecule is Cc1ncc2n1CC(C(=O)Nc1ccc(CC3NC(=O)NC3=O)cc1)CC2. The lowest BCUT2D eigenvalue weighted by atomic mass is 9.97. The molecule has 2 aliphatic heterocycles. The Morgan fingerprint density at radius 1 is 1.30 bits per heavy atom. The Balaban J connectivity index is 1.36. The summed E-state index contributed by atoms with van der Waals surface area (Å²) in [6.45, 7) is 2.61. The van der Waals surface area contributed by atoms with Crippen molar-refractivity contribution in [2.75, 3.05) is 5.32 Å². The first-order valence-electron chi connectivity index (χ1n) is 9.02. The standard InChI is InChI=1S/C19H21N5O3/c1-11-20-9-15-7-4-13(10-24(11)15)17(25)21-14-5-2-12(3-6-14)8-16-18(26)23-19(27)22-16/h2-3,5-6,9,13,16H,4,7-8,10H2,1H3,(H,21,25)(H2,22,23,26,27). The molecule has 8 nitrogen and oxygen atoms in total. The summed E-state index contributed by atoms with van der Waals surface area (Å²) in [5, 5.41) is 7.76. The number of anilines is 1. The van der Waals surface area contributed by atoms with Gasteiger partial charge in [0, 0.05) is 30.5 Å². The number of hydrogen-bond donors (Lipinski definition) is 3. The van der Waals surface area contributed by atoms with Gasteiger partial charge in [0.1, 0.15) is 11.9 Å². The predicted octanol–water partition coefficient (Wildman–Crippen LogP) is 1.14. The van der Waals surface area contributed by atoms with E-state index in [4.69, 9.17) is 0 Å². The van der Waals surface area contributed by atoms with E-state index in [0.717, 1.165) is 29.9 Å². The normalized spacial score (nSPS) is 21.4. The number of imide groups is 1. The molecule has 1 aromatic heterocycles. The molecule has 0 radical (unpaired) electrons. The quantitative estimate of drug-likeness (QED) is 0.705. The number of carbonyl (C=O) groups excluding carboxylic acids is 3. The number of rotatable bonds is 4. The maximum Gasteiger partial charge on any atom is 0.322 e. The number of nitrogens with one attached hydrogen (secondary N) is 3. The molecule has 0 saturated carbocycles. The lowest BCUT2D eigenvalue weighted by Gasteiger charge is -2.24. The molecule has 2 unspecified atom stereocenters. The molecule has 2 aliphatic rings. The van der Waals surface area contributed by atoms with Gasteiger partial charge in [0.15, 0.2) is 0 Å². The lowest BCUT2D eigenvalue weighted by molar-refractivity contribution is -0.121. The third-order valence-electron chi connectivity index (χ3n) is 5.18. The number of aromatic nitrogens is 2. The van der Waals surface area contributed by atoms with Gasteiger partial charge in [-0.1, -0.05) is 12.1 Å². The first kappa shape index (κ1) is 17.3. The fourth-order valence-corrected chi connectivity index (χ4v) is 3.62. The van der Waals surface area contributed by atoms with Crippen LogP contribution in [-0.2, 0) is 29.0 Å². The minimum Gasteiger partial charge on any atom is -0.331 e. The van der Waals surface area contributed by atoms with Gasteiger partial charge in [-0.2, -0.15) is 0 Å². The molecular formula is C19H21N5O3. The molecule has 27 heavy (non-hydrogen) atoms. The van der Waals surface area contributed by atoms with Crippen LogP contribution in [0.4, 0.5) is 10.5 Å². The van der Waals surface area contributed by atoms with Gasteiger partial charge in [0.25, 0.3) is 5.91 Å². The summed E-state index contributed by atoms with van der Waals surface area (Å²) in [5.41, 5.74) is 2.81. The van der Waals surface area contributed by atoms with Crippen molar-refractivity contribution in [2.24, 2.45) is 5.92 Å². The second-order valence-corrected chi connectivity index (χ2v) is 7.05. The molecule has 0 bridgehead atoms. The smallest absolute Gasteiger partial charge is 0.322 e. The number of urea groups is 1. The van der Waals surface area contributed by atoms with E-state index in [9.17, 15) is 14.4 Å². The zero-order chi connectivity index (χ0) is 19.0. The van der Waals surface area contributed by atoms with Crippen LogP contribution in [0.1, 0.15) is 23.5 Å². The van der Waals surface area contributed by atoms with Gasteiger partial charge in [-0.25, -0.2) is 9.78 Å².